The predicted octanol–water partition coefficient (Wildman–Crippen LogP) is 2.81. The van der Waals surface area contributed by atoms with Gasteiger partial charge >= 0.3 is 0 Å². The summed E-state index contributed by atoms with van der Waals surface area (Å²) in [7, 11) is 0. The first-order valence-electron chi connectivity index (χ1n) is 6.42. The standard InChI is InChI=1S/C13H29NO/c1-6-11(5)8-12(7-2)14-9-13(15)10(3)4/h10-15H,6-9H2,1-5H3. The van der Waals surface area contributed by atoms with Crippen LogP contribution in [0, 0.1) is 11.8 Å². The predicted molar refractivity (Wildman–Crippen MR) is 67.0 cm³/mol. The van der Waals surface area contributed by atoms with Crippen molar-refractivity contribution in [3.63, 3.8) is 0 Å². The fraction of sp³-hybridized carbons (Fsp3) is 1.00. The summed E-state index contributed by atoms with van der Waals surface area (Å²) in [6.45, 7) is 11.6. The van der Waals surface area contributed by atoms with Gasteiger partial charge in [0.1, 0.15) is 0 Å². The summed E-state index contributed by atoms with van der Waals surface area (Å²) in [4.78, 5) is 0. The Morgan fingerprint density at radius 3 is 2.07 bits per heavy atom. The molecule has 92 valence electrons. The van der Waals surface area contributed by atoms with Crippen molar-refractivity contribution in [3.8, 4) is 0 Å². The van der Waals surface area contributed by atoms with Crippen LogP contribution >= 0.6 is 0 Å². The molecule has 0 aliphatic carbocycles. The molecule has 0 aromatic heterocycles. The molecule has 0 bridgehead atoms. The maximum atomic E-state index is 9.70. The van der Waals surface area contributed by atoms with Crippen molar-refractivity contribution in [1.29, 1.82) is 0 Å². The number of aliphatic hydroxyl groups is 1. The number of hydrogen-bond acceptors (Lipinski definition) is 2. The van der Waals surface area contributed by atoms with Crippen LogP contribution in [0.5, 0.6) is 0 Å². The van der Waals surface area contributed by atoms with E-state index in [4.69, 9.17) is 0 Å². The van der Waals surface area contributed by atoms with Gasteiger partial charge in [-0.2, -0.15) is 0 Å². The smallest absolute Gasteiger partial charge is 0.0687 e. The van der Waals surface area contributed by atoms with Crippen LogP contribution in [0.2, 0.25) is 0 Å². The van der Waals surface area contributed by atoms with E-state index in [9.17, 15) is 5.11 Å². The normalized spacial score (nSPS) is 17.8. The molecule has 0 saturated heterocycles. The zero-order valence-electron chi connectivity index (χ0n) is 11.1. The fourth-order valence-electron chi connectivity index (χ4n) is 1.57. The minimum Gasteiger partial charge on any atom is -0.392 e. The van der Waals surface area contributed by atoms with E-state index in [0.717, 1.165) is 18.9 Å². The molecule has 0 aromatic carbocycles. The molecule has 3 unspecified atom stereocenters. The Kier molecular flexibility index (Phi) is 8.07. The first-order valence-corrected chi connectivity index (χ1v) is 6.42. The van der Waals surface area contributed by atoms with Crippen LogP contribution in [0.4, 0.5) is 0 Å². The summed E-state index contributed by atoms with van der Waals surface area (Å²) < 4.78 is 0. The molecule has 0 amide bonds. The van der Waals surface area contributed by atoms with E-state index in [2.05, 4.69) is 39.9 Å². The van der Waals surface area contributed by atoms with Crippen molar-refractivity contribution in [3.05, 3.63) is 0 Å². The van der Waals surface area contributed by atoms with Crippen molar-refractivity contribution in [2.75, 3.05) is 6.54 Å². The number of aliphatic hydroxyl groups excluding tert-OH is 1. The minimum absolute atomic E-state index is 0.212. The van der Waals surface area contributed by atoms with E-state index in [1.807, 2.05) is 0 Å². The molecule has 0 aromatic rings. The van der Waals surface area contributed by atoms with Crippen molar-refractivity contribution in [2.45, 2.75) is 66.0 Å². The Labute approximate surface area is 95.5 Å². The first-order chi connectivity index (χ1) is 7.01. The largest absolute Gasteiger partial charge is 0.392 e. The molecule has 0 radical (unpaired) electrons. The van der Waals surface area contributed by atoms with Crippen molar-refractivity contribution in [1.82, 2.24) is 5.32 Å². The van der Waals surface area contributed by atoms with Gasteiger partial charge in [0.15, 0.2) is 0 Å². The third-order valence-electron chi connectivity index (χ3n) is 3.26. The summed E-state index contributed by atoms with van der Waals surface area (Å²) in [5.41, 5.74) is 0. The summed E-state index contributed by atoms with van der Waals surface area (Å²) in [5.74, 6) is 1.12. The van der Waals surface area contributed by atoms with Crippen LogP contribution < -0.4 is 5.32 Å². The van der Waals surface area contributed by atoms with Crippen LogP contribution in [-0.4, -0.2) is 23.8 Å². The lowest BCUT2D eigenvalue weighted by molar-refractivity contribution is 0.118. The Bertz CT molecular complexity index is 147. The Hall–Kier alpha value is -0.0800. The lowest BCUT2D eigenvalue weighted by Gasteiger charge is -2.23. The SMILES string of the molecule is CCC(C)CC(CC)NCC(O)C(C)C. The van der Waals surface area contributed by atoms with Crippen LogP contribution in [-0.2, 0) is 0 Å². The van der Waals surface area contributed by atoms with Gasteiger partial charge in [-0.1, -0.05) is 41.0 Å². The number of rotatable bonds is 8. The Morgan fingerprint density at radius 1 is 1.07 bits per heavy atom. The highest BCUT2D eigenvalue weighted by Gasteiger charge is 2.13. The molecule has 0 rings (SSSR count). The highest BCUT2D eigenvalue weighted by molar-refractivity contribution is 4.71. The van der Waals surface area contributed by atoms with Gasteiger partial charge in [0.2, 0.25) is 0 Å². The van der Waals surface area contributed by atoms with Crippen LogP contribution in [0.1, 0.15) is 53.9 Å². The van der Waals surface area contributed by atoms with Crippen LogP contribution in [0.15, 0.2) is 0 Å². The van der Waals surface area contributed by atoms with Crippen molar-refractivity contribution >= 4 is 0 Å². The molecule has 0 aliphatic rings. The van der Waals surface area contributed by atoms with Crippen LogP contribution in [0.25, 0.3) is 0 Å². The lowest BCUT2D eigenvalue weighted by Crippen LogP contribution is -2.38. The van der Waals surface area contributed by atoms with E-state index < -0.39 is 0 Å². The van der Waals surface area contributed by atoms with E-state index in [1.165, 1.54) is 12.8 Å². The van der Waals surface area contributed by atoms with Gasteiger partial charge < -0.3 is 10.4 Å². The molecule has 0 spiro atoms. The summed E-state index contributed by atoms with van der Waals surface area (Å²) in [6, 6.07) is 0.563. The maximum Gasteiger partial charge on any atom is 0.0687 e. The Balaban J connectivity index is 3.79. The quantitative estimate of drug-likeness (QED) is 0.652. The molecular formula is C13H29NO. The van der Waals surface area contributed by atoms with E-state index >= 15 is 0 Å². The fourth-order valence-corrected chi connectivity index (χ4v) is 1.57. The zero-order chi connectivity index (χ0) is 11.8. The highest BCUT2D eigenvalue weighted by Crippen LogP contribution is 2.12. The molecule has 0 aliphatic heterocycles. The molecule has 15 heavy (non-hydrogen) atoms. The minimum atomic E-state index is -0.212. The maximum absolute atomic E-state index is 9.70. The van der Waals surface area contributed by atoms with E-state index in [0.29, 0.717) is 12.0 Å². The second-order valence-electron chi connectivity index (χ2n) is 5.07. The molecule has 2 N–H and O–H groups in total. The molecule has 3 atom stereocenters. The van der Waals surface area contributed by atoms with Crippen LogP contribution in [0.3, 0.4) is 0 Å². The molecule has 2 heteroatoms. The molecule has 0 heterocycles. The van der Waals surface area contributed by atoms with Crippen molar-refractivity contribution < 1.29 is 5.11 Å². The third kappa shape index (κ3) is 6.91. The Morgan fingerprint density at radius 2 is 1.67 bits per heavy atom. The number of hydrogen-bond donors (Lipinski definition) is 2. The average molecular weight is 215 g/mol. The van der Waals surface area contributed by atoms with Gasteiger partial charge in [0.05, 0.1) is 6.10 Å². The van der Waals surface area contributed by atoms with E-state index in [-0.39, 0.29) is 6.10 Å². The van der Waals surface area contributed by atoms with Gasteiger partial charge in [-0.25, -0.2) is 0 Å². The molecule has 2 nitrogen and oxygen atoms in total. The summed E-state index contributed by atoms with van der Waals surface area (Å²) >= 11 is 0. The van der Waals surface area contributed by atoms with Gasteiger partial charge in [0, 0.05) is 12.6 Å². The molecule has 0 saturated carbocycles. The van der Waals surface area contributed by atoms with Gasteiger partial charge in [-0.3, -0.25) is 0 Å². The van der Waals surface area contributed by atoms with Crippen molar-refractivity contribution in [2.24, 2.45) is 11.8 Å². The highest BCUT2D eigenvalue weighted by atomic mass is 16.3. The second kappa shape index (κ2) is 8.12. The second-order valence-corrected chi connectivity index (χ2v) is 5.07. The summed E-state index contributed by atoms with van der Waals surface area (Å²) in [6.07, 6.45) is 3.40. The monoisotopic (exact) mass is 215 g/mol. The first kappa shape index (κ1) is 14.9. The molecule has 0 fully saturated rings. The average Bonchev–Trinajstić information content (AvgIpc) is 2.22. The zero-order valence-corrected chi connectivity index (χ0v) is 11.1. The number of nitrogens with one attached hydrogen (secondary N) is 1. The van der Waals surface area contributed by atoms with Gasteiger partial charge in [-0.05, 0) is 24.7 Å². The molecular weight excluding hydrogens is 186 g/mol. The summed E-state index contributed by atoms with van der Waals surface area (Å²) in [5, 5.41) is 13.2. The topological polar surface area (TPSA) is 32.3 Å². The lowest BCUT2D eigenvalue weighted by atomic mass is 9.97. The van der Waals surface area contributed by atoms with Gasteiger partial charge in [-0.15, -0.1) is 0 Å². The third-order valence-corrected chi connectivity index (χ3v) is 3.26. The van der Waals surface area contributed by atoms with Gasteiger partial charge in [0.25, 0.3) is 0 Å². The van der Waals surface area contributed by atoms with E-state index in [1.54, 1.807) is 0 Å².